The Morgan fingerprint density at radius 3 is 2.72 bits per heavy atom. The van der Waals surface area contributed by atoms with Crippen LogP contribution in [0.15, 0.2) is 55.0 Å². The van der Waals surface area contributed by atoms with E-state index in [-0.39, 0.29) is 23.7 Å². The lowest BCUT2D eigenvalue weighted by Gasteiger charge is -2.48. The minimum Gasteiger partial charge on any atom is -0.393 e. The minimum atomic E-state index is -0.388. The molecule has 0 bridgehead atoms. The Hall–Kier alpha value is -2.77. The maximum atomic E-state index is 12.9. The average molecular weight is 392 g/mol. The number of nitrogens with zero attached hydrogens (tertiary/aromatic N) is 4. The van der Waals surface area contributed by atoms with Crippen molar-refractivity contribution in [2.75, 3.05) is 13.1 Å². The maximum absolute atomic E-state index is 12.9. The van der Waals surface area contributed by atoms with Gasteiger partial charge in [0.15, 0.2) is 0 Å². The zero-order valence-corrected chi connectivity index (χ0v) is 16.1. The van der Waals surface area contributed by atoms with E-state index in [1.165, 1.54) is 0 Å². The number of hydrogen-bond acceptors (Lipinski definition) is 5. The van der Waals surface area contributed by atoms with Gasteiger partial charge in [0.1, 0.15) is 5.69 Å². The summed E-state index contributed by atoms with van der Waals surface area (Å²) >= 11 is 0. The molecule has 2 aliphatic heterocycles. The quantitative estimate of drug-likeness (QED) is 0.725. The van der Waals surface area contributed by atoms with Crippen LogP contribution in [0, 0.1) is 0 Å². The van der Waals surface area contributed by atoms with Crippen molar-refractivity contribution in [1.82, 2.24) is 19.3 Å². The summed E-state index contributed by atoms with van der Waals surface area (Å²) in [4.78, 5) is 23.3. The molecule has 2 aromatic heterocycles. The maximum Gasteiger partial charge on any atom is 0.274 e. The fraction of sp³-hybridized carbons (Fsp3) is 0.409. The predicted molar refractivity (Wildman–Crippen MR) is 106 cm³/mol. The molecule has 0 saturated carbocycles. The second-order valence-electron chi connectivity index (χ2n) is 8.04. The van der Waals surface area contributed by atoms with Crippen molar-refractivity contribution in [1.29, 1.82) is 0 Å². The molecule has 0 unspecified atom stereocenters. The molecule has 5 rings (SSSR count). The van der Waals surface area contributed by atoms with Crippen LogP contribution in [0.5, 0.6) is 0 Å². The van der Waals surface area contributed by atoms with Crippen molar-refractivity contribution < 1.29 is 14.6 Å². The largest absolute Gasteiger partial charge is 0.393 e. The summed E-state index contributed by atoms with van der Waals surface area (Å²) in [5.74, 6) is 0.440. The lowest BCUT2D eigenvalue weighted by atomic mass is 9.81. The molecule has 0 aliphatic carbocycles. The molecule has 7 nitrogen and oxygen atoms in total. The summed E-state index contributed by atoms with van der Waals surface area (Å²) < 4.78 is 8.28. The van der Waals surface area contributed by atoms with E-state index in [9.17, 15) is 9.90 Å². The molecule has 0 radical (unpaired) electrons. The third-order valence-electron chi connectivity index (χ3n) is 6.07. The van der Waals surface area contributed by atoms with Crippen LogP contribution in [0.1, 0.15) is 47.8 Å². The number of aromatic nitrogens is 3. The summed E-state index contributed by atoms with van der Waals surface area (Å²) in [6.07, 6.45) is 7.39. The molecule has 1 amide bonds. The molecule has 7 heteroatoms. The Kier molecular flexibility index (Phi) is 4.56. The van der Waals surface area contributed by atoms with Crippen molar-refractivity contribution >= 4 is 11.7 Å². The predicted octanol–water partition coefficient (Wildman–Crippen LogP) is 2.62. The topological polar surface area (TPSA) is 80.0 Å². The highest BCUT2D eigenvalue weighted by atomic mass is 16.5. The number of carbonyl (C=O) groups excluding carboxylic acids is 1. The van der Waals surface area contributed by atoms with Gasteiger partial charge >= 0.3 is 0 Å². The van der Waals surface area contributed by atoms with Crippen LogP contribution in [0.4, 0.5) is 0 Å². The van der Waals surface area contributed by atoms with E-state index in [2.05, 4.69) is 9.97 Å². The van der Waals surface area contributed by atoms with Gasteiger partial charge in [-0.1, -0.05) is 30.3 Å². The SMILES string of the molecule is O=C(c1cn2cccnc2n1)N1CCC2(CC1)C[C@@H](O)C[C@H](c1ccccc1)O2. The number of amides is 1. The fourth-order valence-corrected chi connectivity index (χ4v) is 4.56. The average Bonchev–Trinajstić information content (AvgIpc) is 3.18. The number of imidazole rings is 1. The molecule has 150 valence electrons. The summed E-state index contributed by atoms with van der Waals surface area (Å²) in [5.41, 5.74) is 1.13. The van der Waals surface area contributed by atoms with Crippen LogP contribution < -0.4 is 0 Å². The lowest BCUT2D eigenvalue weighted by Crippen LogP contribution is -2.52. The monoisotopic (exact) mass is 392 g/mol. The molecule has 29 heavy (non-hydrogen) atoms. The Morgan fingerprint density at radius 1 is 1.17 bits per heavy atom. The molecular weight excluding hydrogens is 368 g/mol. The first-order valence-electron chi connectivity index (χ1n) is 10.1. The van der Waals surface area contributed by atoms with E-state index in [1.54, 1.807) is 16.8 Å². The molecule has 1 N–H and O–H groups in total. The molecule has 2 atom stereocenters. The van der Waals surface area contributed by atoms with Gasteiger partial charge in [0.05, 0.1) is 17.8 Å². The van der Waals surface area contributed by atoms with Crippen LogP contribution in [0.3, 0.4) is 0 Å². The van der Waals surface area contributed by atoms with Crippen molar-refractivity contribution in [2.45, 2.75) is 43.5 Å². The van der Waals surface area contributed by atoms with Gasteiger partial charge < -0.3 is 14.7 Å². The first-order chi connectivity index (χ1) is 14.1. The number of fused-ring (bicyclic) bond motifs is 1. The summed E-state index contributed by atoms with van der Waals surface area (Å²) in [5, 5.41) is 10.5. The third-order valence-corrected chi connectivity index (χ3v) is 6.07. The Labute approximate surface area is 169 Å². The van der Waals surface area contributed by atoms with Gasteiger partial charge in [-0.05, 0) is 24.5 Å². The molecular formula is C22H24N4O3. The summed E-state index contributed by atoms with van der Waals surface area (Å²) in [6, 6.07) is 11.9. The molecule has 2 saturated heterocycles. The van der Waals surface area contributed by atoms with Crippen LogP contribution >= 0.6 is 0 Å². The van der Waals surface area contributed by atoms with Gasteiger partial charge in [-0.2, -0.15) is 0 Å². The number of aliphatic hydroxyl groups is 1. The molecule has 2 fully saturated rings. The second kappa shape index (κ2) is 7.24. The molecule has 4 heterocycles. The molecule has 3 aromatic rings. The number of carbonyl (C=O) groups is 1. The zero-order valence-electron chi connectivity index (χ0n) is 16.1. The molecule has 1 aromatic carbocycles. The number of piperidine rings is 1. The number of benzene rings is 1. The van der Waals surface area contributed by atoms with Crippen LogP contribution in [-0.2, 0) is 4.74 Å². The highest BCUT2D eigenvalue weighted by Crippen LogP contribution is 2.43. The highest BCUT2D eigenvalue weighted by molar-refractivity contribution is 5.92. The fourth-order valence-electron chi connectivity index (χ4n) is 4.56. The minimum absolute atomic E-state index is 0.0821. The van der Waals surface area contributed by atoms with Gasteiger partial charge in [0.2, 0.25) is 5.78 Å². The van der Waals surface area contributed by atoms with Crippen LogP contribution in [0.2, 0.25) is 0 Å². The van der Waals surface area contributed by atoms with E-state index in [0.29, 0.717) is 50.2 Å². The van der Waals surface area contributed by atoms with Crippen molar-refractivity contribution in [3.8, 4) is 0 Å². The Bertz CT molecular complexity index is 978. The number of aliphatic hydroxyl groups excluding tert-OH is 1. The zero-order chi connectivity index (χ0) is 19.8. The Morgan fingerprint density at radius 2 is 1.97 bits per heavy atom. The smallest absolute Gasteiger partial charge is 0.274 e. The van der Waals surface area contributed by atoms with Gasteiger partial charge in [-0.3, -0.25) is 9.20 Å². The van der Waals surface area contributed by atoms with E-state index in [4.69, 9.17) is 4.74 Å². The first kappa shape index (κ1) is 18.3. The van der Waals surface area contributed by atoms with Gasteiger partial charge in [0.25, 0.3) is 5.91 Å². The molecule has 1 spiro atoms. The number of hydrogen-bond donors (Lipinski definition) is 1. The van der Waals surface area contributed by atoms with E-state index in [0.717, 1.165) is 5.56 Å². The van der Waals surface area contributed by atoms with Gasteiger partial charge in [-0.15, -0.1) is 0 Å². The van der Waals surface area contributed by atoms with Gasteiger partial charge in [-0.25, -0.2) is 9.97 Å². The van der Waals surface area contributed by atoms with Crippen LogP contribution in [-0.4, -0.2) is 55.1 Å². The van der Waals surface area contributed by atoms with Crippen LogP contribution in [0.25, 0.3) is 5.78 Å². The number of ether oxygens (including phenoxy) is 1. The second-order valence-corrected chi connectivity index (χ2v) is 8.04. The first-order valence-corrected chi connectivity index (χ1v) is 10.1. The number of likely N-dealkylation sites (tertiary alicyclic amines) is 1. The van der Waals surface area contributed by atoms with E-state index in [1.807, 2.05) is 47.5 Å². The highest BCUT2D eigenvalue weighted by Gasteiger charge is 2.44. The van der Waals surface area contributed by atoms with Crippen molar-refractivity contribution in [3.05, 3.63) is 66.2 Å². The summed E-state index contributed by atoms with van der Waals surface area (Å²) in [6.45, 7) is 1.18. The van der Waals surface area contributed by atoms with Crippen molar-refractivity contribution in [3.63, 3.8) is 0 Å². The molecule has 2 aliphatic rings. The lowest BCUT2D eigenvalue weighted by molar-refractivity contribution is -0.181. The normalized spacial score (nSPS) is 24.1. The third kappa shape index (κ3) is 3.52. The number of rotatable bonds is 2. The Balaban J connectivity index is 1.29. The van der Waals surface area contributed by atoms with E-state index >= 15 is 0 Å². The summed E-state index contributed by atoms with van der Waals surface area (Å²) in [7, 11) is 0. The van der Waals surface area contributed by atoms with Crippen molar-refractivity contribution in [2.24, 2.45) is 0 Å². The van der Waals surface area contributed by atoms with Gasteiger partial charge in [0, 0.05) is 44.5 Å². The standard InChI is InChI=1S/C22H24N4O3/c27-17-13-19(16-5-2-1-3-6-16)29-22(14-17)7-11-25(12-8-22)20(28)18-15-26-10-4-9-23-21(26)24-18/h1-6,9-10,15,17,19,27H,7-8,11-14H2/t17-,19+/m0/s1. The van der Waals surface area contributed by atoms with E-state index < -0.39 is 0 Å².